The molecule has 0 saturated carbocycles. The molecule has 7 heteroatoms. The van der Waals surface area contributed by atoms with Gasteiger partial charge in [0, 0.05) is 34.3 Å². The van der Waals surface area contributed by atoms with Gasteiger partial charge in [0.1, 0.15) is 9.92 Å². The van der Waals surface area contributed by atoms with Crippen LogP contribution in [0.5, 0.6) is 0 Å². The minimum Gasteiger partial charge on any atom is -0.451 e. The summed E-state index contributed by atoms with van der Waals surface area (Å²) < 4.78 is 6.98. The fourth-order valence-corrected chi connectivity index (χ4v) is 5.66. The van der Waals surface area contributed by atoms with Crippen molar-refractivity contribution in [1.29, 1.82) is 0 Å². The van der Waals surface area contributed by atoms with Crippen LogP contribution in [0.2, 0.25) is 0 Å². The molecule has 2 aromatic heterocycles. The third-order valence-electron chi connectivity index (χ3n) is 5.52. The van der Waals surface area contributed by atoms with Crippen LogP contribution >= 0.6 is 23.1 Å². The van der Waals surface area contributed by atoms with Crippen LogP contribution in [0.4, 0.5) is 0 Å². The van der Waals surface area contributed by atoms with Gasteiger partial charge < -0.3 is 14.6 Å². The molecule has 3 aromatic rings. The molecule has 0 aliphatic carbocycles. The molecule has 5 nitrogen and oxygen atoms in total. The maximum absolute atomic E-state index is 12.9. The average molecular weight is 430 g/mol. The number of nitrogens with one attached hydrogen (secondary N) is 1. The Labute approximate surface area is 179 Å². The number of para-hydroxylation sites is 1. The van der Waals surface area contributed by atoms with E-state index in [2.05, 4.69) is 22.2 Å². The topological polar surface area (TPSA) is 58.4 Å². The van der Waals surface area contributed by atoms with Gasteiger partial charge in [0.2, 0.25) is 0 Å². The van der Waals surface area contributed by atoms with Crippen molar-refractivity contribution in [2.75, 3.05) is 26.7 Å². The zero-order valence-electron chi connectivity index (χ0n) is 16.9. The quantitative estimate of drug-likeness (QED) is 0.539. The lowest BCUT2D eigenvalue weighted by atomic mass is 9.94. The van der Waals surface area contributed by atoms with Crippen molar-refractivity contribution < 1.29 is 9.21 Å². The highest BCUT2D eigenvalue weighted by Crippen LogP contribution is 2.33. The van der Waals surface area contributed by atoms with E-state index >= 15 is 0 Å². The van der Waals surface area contributed by atoms with Gasteiger partial charge >= 0.3 is 0 Å². The molecule has 3 heterocycles. The third-order valence-corrected chi connectivity index (χ3v) is 7.68. The molecular weight excluding hydrogens is 402 g/mol. The van der Waals surface area contributed by atoms with Gasteiger partial charge in [-0.05, 0) is 58.3 Å². The highest BCUT2D eigenvalue weighted by atomic mass is 32.2. The third kappa shape index (κ3) is 5.02. The molecule has 1 saturated heterocycles. The van der Waals surface area contributed by atoms with Crippen LogP contribution in [-0.2, 0) is 5.75 Å². The standard InChI is InChI=1S/C22H27N3O2S2/c1-15-13-28-22(24-15)29-14-18-17-5-3-4-6-19(17)27-20(18)21(26)23-10-7-16-8-11-25(2)12-9-16/h3-6,13,16H,7-12,14H2,1-2H3,(H,23,26). The molecule has 1 aliphatic rings. The number of carbonyl (C=O) groups is 1. The van der Waals surface area contributed by atoms with Crippen molar-refractivity contribution in [3.8, 4) is 0 Å². The number of piperidine rings is 1. The van der Waals surface area contributed by atoms with Crippen molar-refractivity contribution in [1.82, 2.24) is 15.2 Å². The molecule has 0 unspecified atom stereocenters. The molecule has 154 valence electrons. The number of hydrogen-bond donors (Lipinski definition) is 1. The van der Waals surface area contributed by atoms with Gasteiger partial charge in [0.05, 0.1) is 0 Å². The Hall–Kier alpha value is -1.83. The van der Waals surface area contributed by atoms with E-state index in [4.69, 9.17) is 4.42 Å². The summed E-state index contributed by atoms with van der Waals surface area (Å²) in [5, 5.41) is 6.15. The molecule has 1 amide bonds. The van der Waals surface area contributed by atoms with Gasteiger partial charge in [0.25, 0.3) is 5.91 Å². The number of furan rings is 1. The van der Waals surface area contributed by atoms with Crippen molar-refractivity contribution in [3.63, 3.8) is 0 Å². The van der Waals surface area contributed by atoms with Crippen molar-refractivity contribution in [2.45, 2.75) is 36.3 Å². The monoisotopic (exact) mass is 429 g/mol. The number of benzene rings is 1. The Morgan fingerprint density at radius 1 is 1.34 bits per heavy atom. The lowest BCUT2D eigenvalue weighted by Gasteiger charge is -2.28. The summed E-state index contributed by atoms with van der Waals surface area (Å²) in [6, 6.07) is 7.87. The second-order valence-corrected chi connectivity index (χ2v) is 9.82. The largest absolute Gasteiger partial charge is 0.451 e. The number of aryl methyl sites for hydroxylation is 1. The predicted molar refractivity (Wildman–Crippen MR) is 120 cm³/mol. The van der Waals surface area contributed by atoms with E-state index in [1.165, 1.54) is 12.8 Å². The fraction of sp³-hybridized carbons (Fsp3) is 0.455. The van der Waals surface area contributed by atoms with Gasteiger partial charge in [-0.1, -0.05) is 30.0 Å². The van der Waals surface area contributed by atoms with E-state index in [1.54, 1.807) is 23.1 Å². The normalized spacial score (nSPS) is 15.8. The van der Waals surface area contributed by atoms with Crippen molar-refractivity contribution in [2.24, 2.45) is 5.92 Å². The predicted octanol–water partition coefficient (Wildman–Crippen LogP) is 4.95. The van der Waals surface area contributed by atoms with E-state index in [1.807, 2.05) is 36.6 Å². The van der Waals surface area contributed by atoms with Crippen LogP contribution < -0.4 is 5.32 Å². The number of aromatic nitrogens is 1. The van der Waals surface area contributed by atoms with Crippen LogP contribution in [0.25, 0.3) is 11.0 Å². The van der Waals surface area contributed by atoms with Gasteiger partial charge in [-0.2, -0.15) is 0 Å². The molecule has 1 aromatic carbocycles. The second-order valence-electron chi connectivity index (χ2n) is 7.74. The molecule has 0 bridgehead atoms. The Balaban J connectivity index is 1.43. The SMILES string of the molecule is Cc1csc(SCc2c(C(=O)NCCC3CCN(C)CC3)oc3ccccc23)n1. The second kappa shape index (κ2) is 9.32. The summed E-state index contributed by atoms with van der Waals surface area (Å²) in [6.45, 7) is 5.00. The zero-order valence-corrected chi connectivity index (χ0v) is 18.6. The molecule has 1 N–H and O–H groups in total. The molecular formula is C22H27N3O2S2. The number of carbonyl (C=O) groups excluding carboxylic acids is 1. The zero-order chi connectivity index (χ0) is 20.2. The first kappa shape index (κ1) is 20.4. The number of rotatable bonds is 7. The van der Waals surface area contributed by atoms with Crippen LogP contribution in [0.1, 0.15) is 41.1 Å². The highest BCUT2D eigenvalue weighted by molar-refractivity contribution is 8.00. The van der Waals surface area contributed by atoms with Crippen molar-refractivity contribution >= 4 is 40.0 Å². The Morgan fingerprint density at radius 2 is 2.14 bits per heavy atom. The van der Waals surface area contributed by atoms with E-state index in [0.29, 0.717) is 24.0 Å². The van der Waals surface area contributed by atoms with Gasteiger partial charge in [0.15, 0.2) is 5.76 Å². The lowest BCUT2D eigenvalue weighted by molar-refractivity contribution is 0.0922. The summed E-state index contributed by atoms with van der Waals surface area (Å²) in [5.74, 6) is 1.70. The average Bonchev–Trinajstić information content (AvgIpc) is 3.31. The van der Waals surface area contributed by atoms with Crippen molar-refractivity contribution in [3.05, 3.63) is 46.7 Å². The molecule has 29 heavy (non-hydrogen) atoms. The number of thiazole rings is 1. The first-order valence-electron chi connectivity index (χ1n) is 10.1. The number of likely N-dealkylation sites (tertiary alicyclic amines) is 1. The Morgan fingerprint density at radius 3 is 2.90 bits per heavy atom. The first-order chi connectivity index (χ1) is 14.1. The minimum atomic E-state index is -0.111. The summed E-state index contributed by atoms with van der Waals surface area (Å²) in [6.07, 6.45) is 3.46. The van der Waals surface area contributed by atoms with Crippen LogP contribution in [0.3, 0.4) is 0 Å². The lowest BCUT2D eigenvalue weighted by Crippen LogP contribution is -2.32. The molecule has 4 rings (SSSR count). The summed E-state index contributed by atoms with van der Waals surface area (Å²) in [4.78, 5) is 19.8. The number of thioether (sulfide) groups is 1. The smallest absolute Gasteiger partial charge is 0.287 e. The van der Waals surface area contributed by atoms with Crippen LogP contribution in [0, 0.1) is 12.8 Å². The summed E-state index contributed by atoms with van der Waals surface area (Å²) >= 11 is 3.29. The number of nitrogens with zero attached hydrogens (tertiary/aromatic N) is 2. The minimum absolute atomic E-state index is 0.111. The molecule has 1 fully saturated rings. The van der Waals surface area contributed by atoms with E-state index in [9.17, 15) is 4.79 Å². The van der Waals surface area contributed by atoms with Crippen LogP contribution in [0.15, 0.2) is 38.4 Å². The number of fused-ring (bicyclic) bond motifs is 1. The molecule has 0 spiro atoms. The van der Waals surface area contributed by atoms with Crippen LogP contribution in [-0.4, -0.2) is 42.5 Å². The number of amides is 1. The molecule has 1 aliphatic heterocycles. The summed E-state index contributed by atoms with van der Waals surface area (Å²) in [7, 11) is 2.17. The van der Waals surface area contributed by atoms with Gasteiger partial charge in [-0.15, -0.1) is 11.3 Å². The van der Waals surface area contributed by atoms with E-state index in [0.717, 1.165) is 46.1 Å². The summed E-state index contributed by atoms with van der Waals surface area (Å²) in [5.41, 5.74) is 2.75. The van der Waals surface area contributed by atoms with Gasteiger partial charge in [-0.25, -0.2) is 4.98 Å². The van der Waals surface area contributed by atoms with E-state index < -0.39 is 0 Å². The first-order valence-corrected chi connectivity index (χ1v) is 12.0. The Kier molecular flexibility index (Phi) is 6.57. The fourth-order valence-electron chi connectivity index (χ4n) is 3.78. The van der Waals surface area contributed by atoms with E-state index in [-0.39, 0.29) is 5.91 Å². The highest BCUT2D eigenvalue weighted by Gasteiger charge is 2.22. The van der Waals surface area contributed by atoms with Gasteiger partial charge in [-0.3, -0.25) is 4.79 Å². The Bertz CT molecular complexity index is 974. The number of hydrogen-bond acceptors (Lipinski definition) is 6. The molecule has 0 atom stereocenters. The maximum Gasteiger partial charge on any atom is 0.287 e. The maximum atomic E-state index is 12.9. The molecule has 0 radical (unpaired) electrons.